The molecule has 0 spiro atoms. The Bertz CT molecular complexity index is 762. The number of thioether (sulfide) groups is 3. The predicted molar refractivity (Wildman–Crippen MR) is 152 cm³/mol. The van der Waals surface area contributed by atoms with Crippen LogP contribution in [-0.4, -0.2) is 41.5 Å². The minimum Gasteiger partial charge on any atom is -0.188 e. The van der Waals surface area contributed by atoms with Crippen LogP contribution in [0.15, 0.2) is 35.5 Å². The van der Waals surface area contributed by atoms with Gasteiger partial charge in [-0.2, -0.15) is 4.68 Å². The second kappa shape index (κ2) is 16.9. The maximum atomic E-state index is 4.21. The van der Waals surface area contributed by atoms with Gasteiger partial charge in [0.1, 0.15) is 0 Å². The van der Waals surface area contributed by atoms with Crippen LogP contribution >= 0.6 is 35.3 Å². The molecule has 4 nitrogen and oxygen atoms in total. The molecule has 1 aliphatic heterocycles. The summed E-state index contributed by atoms with van der Waals surface area (Å²) < 4.78 is 2.38. The highest BCUT2D eigenvalue weighted by Gasteiger charge is 2.32. The lowest BCUT2D eigenvalue weighted by Crippen LogP contribution is -2.25. The van der Waals surface area contributed by atoms with Crippen LogP contribution in [0.5, 0.6) is 0 Å². The summed E-state index contributed by atoms with van der Waals surface area (Å²) in [7, 11) is 0. The molecule has 7 heteroatoms. The van der Waals surface area contributed by atoms with E-state index in [1.54, 1.807) is 11.8 Å². The van der Waals surface area contributed by atoms with Gasteiger partial charge >= 0.3 is 0 Å². The first-order chi connectivity index (χ1) is 16.8. The molecule has 1 fully saturated rings. The van der Waals surface area contributed by atoms with Crippen molar-refractivity contribution >= 4 is 35.3 Å². The first-order valence-corrected chi connectivity index (χ1v) is 16.5. The molecule has 0 radical (unpaired) electrons. The Balaban J connectivity index is 1.26. The van der Waals surface area contributed by atoms with Gasteiger partial charge in [-0.15, -0.1) is 28.6 Å². The Kier molecular flexibility index (Phi) is 13.9. The van der Waals surface area contributed by atoms with Gasteiger partial charge in [0.15, 0.2) is 0 Å². The number of para-hydroxylation sites is 1. The van der Waals surface area contributed by atoms with Gasteiger partial charge in [-0.05, 0) is 59.7 Å². The van der Waals surface area contributed by atoms with Gasteiger partial charge < -0.3 is 0 Å². The zero-order valence-corrected chi connectivity index (χ0v) is 23.6. The van der Waals surface area contributed by atoms with E-state index < -0.39 is 0 Å². The topological polar surface area (TPSA) is 43.6 Å². The molecule has 0 saturated carbocycles. The molecule has 0 aliphatic carbocycles. The number of nitrogens with zero attached hydrogens (tertiary/aromatic N) is 4. The number of rotatable bonds is 18. The molecule has 0 unspecified atom stereocenters. The molecular weight excluding hydrogens is 477 g/mol. The molecule has 1 saturated heterocycles. The van der Waals surface area contributed by atoms with E-state index >= 15 is 0 Å². The molecule has 0 N–H and O–H groups in total. The lowest BCUT2D eigenvalue weighted by Gasteiger charge is -2.36. The first-order valence-electron chi connectivity index (χ1n) is 13.6. The van der Waals surface area contributed by atoms with Gasteiger partial charge in [-0.25, -0.2) is 0 Å². The fourth-order valence-corrected chi connectivity index (χ4v) is 8.95. The molecule has 1 aliphatic rings. The summed E-state index contributed by atoms with van der Waals surface area (Å²) in [5.41, 5.74) is 1.03. The van der Waals surface area contributed by atoms with Gasteiger partial charge in [-0.3, -0.25) is 0 Å². The summed E-state index contributed by atoms with van der Waals surface area (Å²) in [6.07, 6.45) is 20.9. The SMILES string of the molecule is CCCCCCCCCC1(CCCCCCCSc2nnnn2-c2ccccc2)SCCCS1. The lowest BCUT2D eigenvalue weighted by atomic mass is 10.0. The Hall–Kier alpha value is -0.660. The third-order valence-electron chi connectivity index (χ3n) is 6.55. The summed E-state index contributed by atoms with van der Waals surface area (Å²) >= 11 is 6.35. The maximum absolute atomic E-state index is 4.21. The number of unbranched alkanes of at least 4 members (excludes halogenated alkanes) is 10. The fourth-order valence-electron chi connectivity index (χ4n) is 4.57. The van der Waals surface area contributed by atoms with Crippen molar-refractivity contribution in [2.45, 2.75) is 112 Å². The first kappa shape index (κ1) is 27.9. The molecule has 2 aromatic rings. The van der Waals surface area contributed by atoms with Crippen molar-refractivity contribution in [2.75, 3.05) is 17.3 Å². The Morgan fingerprint density at radius 3 is 2.12 bits per heavy atom. The summed E-state index contributed by atoms with van der Waals surface area (Å²) in [5.74, 6) is 3.84. The highest BCUT2D eigenvalue weighted by atomic mass is 32.2. The van der Waals surface area contributed by atoms with E-state index in [1.807, 2.05) is 35.0 Å². The van der Waals surface area contributed by atoms with E-state index in [9.17, 15) is 0 Å². The van der Waals surface area contributed by atoms with Crippen LogP contribution in [0.4, 0.5) is 0 Å². The van der Waals surface area contributed by atoms with Crippen LogP contribution in [0.2, 0.25) is 0 Å². The van der Waals surface area contributed by atoms with Gasteiger partial charge in [0.05, 0.1) is 9.77 Å². The van der Waals surface area contributed by atoms with E-state index in [1.165, 1.54) is 108 Å². The summed E-state index contributed by atoms with van der Waals surface area (Å²) in [4.78, 5) is 0. The highest BCUT2D eigenvalue weighted by Crippen LogP contribution is 2.49. The average molecular weight is 521 g/mol. The Morgan fingerprint density at radius 1 is 0.824 bits per heavy atom. The monoisotopic (exact) mass is 520 g/mol. The molecule has 1 aromatic heterocycles. The summed E-state index contributed by atoms with van der Waals surface area (Å²) in [6.45, 7) is 2.30. The normalized spacial score (nSPS) is 15.6. The quantitative estimate of drug-likeness (QED) is 0.144. The lowest BCUT2D eigenvalue weighted by molar-refractivity contribution is 0.524. The Morgan fingerprint density at radius 2 is 1.44 bits per heavy atom. The number of hydrogen-bond donors (Lipinski definition) is 0. The highest BCUT2D eigenvalue weighted by molar-refractivity contribution is 8.18. The van der Waals surface area contributed by atoms with Gasteiger partial charge in [0, 0.05) is 5.75 Å². The predicted octanol–water partition coefficient (Wildman–Crippen LogP) is 8.80. The number of benzene rings is 1. The van der Waals surface area contributed by atoms with Crippen molar-refractivity contribution in [2.24, 2.45) is 0 Å². The molecule has 190 valence electrons. The number of hydrogen-bond acceptors (Lipinski definition) is 6. The minimum absolute atomic E-state index is 0.534. The van der Waals surface area contributed by atoms with Crippen molar-refractivity contribution in [3.8, 4) is 5.69 Å². The fraction of sp³-hybridized carbons (Fsp3) is 0.741. The van der Waals surface area contributed by atoms with Gasteiger partial charge in [0.2, 0.25) is 5.16 Å². The molecule has 0 bridgehead atoms. The molecule has 2 heterocycles. The van der Waals surface area contributed by atoms with E-state index in [0.29, 0.717) is 4.08 Å². The minimum atomic E-state index is 0.534. The third-order valence-corrected chi connectivity index (χ3v) is 11.1. The van der Waals surface area contributed by atoms with Crippen molar-refractivity contribution < 1.29 is 0 Å². The number of tetrazole rings is 1. The average Bonchev–Trinajstić information content (AvgIpc) is 3.35. The van der Waals surface area contributed by atoms with Crippen molar-refractivity contribution in [3.63, 3.8) is 0 Å². The van der Waals surface area contributed by atoms with E-state index in [-0.39, 0.29) is 0 Å². The Labute approximate surface area is 220 Å². The van der Waals surface area contributed by atoms with E-state index in [4.69, 9.17) is 0 Å². The van der Waals surface area contributed by atoms with Crippen LogP contribution in [0.25, 0.3) is 5.69 Å². The van der Waals surface area contributed by atoms with Gasteiger partial charge in [-0.1, -0.05) is 108 Å². The third kappa shape index (κ3) is 10.1. The van der Waals surface area contributed by atoms with Crippen molar-refractivity contribution in [3.05, 3.63) is 30.3 Å². The second-order valence-electron chi connectivity index (χ2n) is 9.41. The van der Waals surface area contributed by atoms with E-state index in [2.05, 4.69) is 46.0 Å². The molecule has 3 rings (SSSR count). The van der Waals surface area contributed by atoms with Gasteiger partial charge in [0.25, 0.3) is 0 Å². The van der Waals surface area contributed by atoms with Crippen LogP contribution in [0.1, 0.15) is 103 Å². The molecule has 34 heavy (non-hydrogen) atoms. The zero-order chi connectivity index (χ0) is 23.7. The van der Waals surface area contributed by atoms with Crippen molar-refractivity contribution in [1.82, 2.24) is 20.2 Å². The standard InChI is InChI=1S/C27H44N4S3/c1-2-3-4-5-6-8-14-20-27(33-23-17-24-34-27)21-15-9-7-10-16-22-32-26-28-29-30-31(26)25-18-12-11-13-19-25/h11-13,18-19H,2-10,14-17,20-24H2,1H3. The van der Waals surface area contributed by atoms with Crippen LogP contribution < -0.4 is 0 Å². The maximum Gasteiger partial charge on any atom is 0.214 e. The summed E-state index contributed by atoms with van der Waals surface area (Å²) in [5, 5.41) is 13.1. The zero-order valence-electron chi connectivity index (χ0n) is 21.1. The summed E-state index contributed by atoms with van der Waals surface area (Å²) in [6, 6.07) is 10.2. The molecular formula is C27H44N4S3. The van der Waals surface area contributed by atoms with Crippen molar-refractivity contribution in [1.29, 1.82) is 0 Å². The van der Waals surface area contributed by atoms with E-state index in [0.717, 1.165) is 16.6 Å². The van der Waals surface area contributed by atoms with Crippen LogP contribution in [-0.2, 0) is 0 Å². The van der Waals surface area contributed by atoms with Crippen LogP contribution in [0, 0.1) is 0 Å². The largest absolute Gasteiger partial charge is 0.214 e. The number of aromatic nitrogens is 4. The second-order valence-corrected chi connectivity index (χ2v) is 13.7. The molecule has 0 atom stereocenters. The van der Waals surface area contributed by atoms with Crippen LogP contribution in [0.3, 0.4) is 0 Å². The molecule has 1 aromatic carbocycles. The smallest absolute Gasteiger partial charge is 0.188 e. The molecule has 0 amide bonds.